The number of nitrogens with one attached hydrogen (secondary N) is 1. The summed E-state index contributed by atoms with van der Waals surface area (Å²) in [7, 11) is 0. The number of hydrogen-bond acceptors (Lipinski definition) is 5. The van der Waals surface area contributed by atoms with Crippen LogP contribution in [0.4, 0.5) is 21.7 Å². The van der Waals surface area contributed by atoms with Gasteiger partial charge in [-0.3, -0.25) is 4.79 Å². The van der Waals surface area contributed by atoms with E-state index in [-0.39, 0.29) is 17.6 Å². The number of aromatic nitrogens is 2. The smallest absolute Gasteiger partial charge is 0.228 e. The van der Waals surface area contributed by atoms with Gasteiger partial charge >= 0.3 is 0 Å². The molecule has 25 heavy (non-hydrogen) atoms. The van der Waals surface area contributed by atoms with Gasteiger partial charge in [0.15, 0.2) is 11.6 Å². The van der Waals surface area contributed by atoms with Crippen LogP contribution >= 0.6 is 0 Å². The van der Waals surface area contributed by atoms with Crippen LogP contribution in [0.2, 0.25) is 0 Å². The number of amides is 1. The summed E-state index contributed by atoms with van der Waals surface area (Å²) in [6.07, 6.45) is 0. The van der Waals surface area contributed by atoms with Crippen LogP contribution in [0.1, 0.15) is 13.8 Å². The molecule has 132 valence electrons. The number of hydrogen-bond donors (Lipinski definition) is 1. The van der Waals surface area contributed by atoms with Gasteiger partial charge in [0.25, 0.3) is 0 Å². The molecule has 0 saturated carbocycles. The highest BCUT2D eigenvalue weighted by molar-refractivity contribution is 5.91. The maximum atomic E-state index is 13.9. The van der Waals surface area contributed by atoms with Crippen LogP contribution in [-0.4, -0.2) is 42.3 Å². The van der Waals surface area contributed by atoms with Crippen LogP contribution in [-0.2, 0) is 4.79 Å². The van der Waals surface area contributed by atoms with E-state index >= 15 is 0 Å². The predicted molar refractivity (Wildman–Crippen MR) is 96.3 cm³/mol. The van der Waals surface area contributed by atoms with Crippen LogP contribution in [0.25, 0.3) is 0 Å². The van der Waals surface area contributed by atoms with E-state index in [0.717, 1.165) is 18.9 Å². The Bertz CT molecular complexity index is 727. The Morgan fingerprint density at radius 3 is 2.32 bits per heavy atom. The minimum absolute atomic E-state index is 0.0828. The summed E-state index contributed by atoms with van der Waals surface area (Å²) in [6, 6.07) is 10.4. The van der Waals surface area contributed by atoms with E-state index in [0.29, 0.717) is 24.6 Å². The molecule has 2 heterocycles. The van der Waals surface area contributed by atoms with E-state index < -0.39 is 0 Å². The highest BCUT2D eigenvalue weighted by Crippen LogP contribution is 2.22. The Labute approximate surface area is 146 Å². The molecule has 1 amide bonds. The zero-order valence-corrected chi connectivity index (χ0v) is 14.4. The monoisotopic (exact) mass is 343 g/mol. The van der Waals surface area contributed by atoms with Crippen molar-refractivity contribution in [3.63, 3.8) is 0 Å². The Morgan fingerprint density at radius 1 is 1.04 bits per heavy atom. The standard InChI is InChI=1S/C18H22FN5O/c1-13(2)18(25)20-16-7-8-17(22-21-16)24-11-9-23(10-12-24)15-6-4-3-5-14(15)19/h3-8,13H,9-12H2,1-2H3,(H,20,21,25). The van der Waals surface area contributed by atoms with Crippen LogP contribution < -0.4 is 15.1 Å². The molecule has 2 aromatic rings. The molecule has 1 saturated heterocycles. The van der Waals surface area contributed by atoms with Crippen molar-refractivity contribution < 1.29 is 9.18 Å². The molecule has 1 fully saturated rings. The van der Waals surface area contributed by atoms with Gasteiger partial charge in [-0.25, -0.2) is 4.39 Å². The summed E-state index contributed by atoms with van der Waals surface area (Å²) in [5, 5.41) is 11.0. The first-order chi connectivity index (χ1) is 12.0. The van der Waals surface area contributed by atoms with Gasteiger partial charge in [-0.05, 0) is 24.3 Å². The van der Waals surface area contributed by atoms with Crippen LogP contribution in [0.5, 0.6) is 0 Å². The summed E-state index contributed by atoms with van der Waals surface area (Å²) in [5.74, 6) is 0.831. The topological polar surface area (TPSA) is 61.4 Å². The number of carbonyl (C=O) groups is 1. The molecular weight excluding hydrogens is 321 g/mol. The first-order valence-corrected chi connectivity index (χ1v) is 8.43. The van der Waals surface area contributed by atoms with E-state index in [4.69, 9.17) is 0 Å². The van der Waals surface area contributed by atoms with E-state index in [2.05, 4.69) is 20.4 Å². The number of nitrogens with zero attached hydrogens (tertiary/aromatic N) is 4. The highest BCUT2D eigenvalue weighted by Gasteiger charge is 2.20. The number of para-hydroxylation sites is 1. The molecule has 1 aliphatic rings. The first-order valence-electron chi connectivity index (χ1n) is 8.43. The molecule has 0 atom stereocenters. The summed E-state index contributed by atoms with van der Waals surface area (Å²) in [6.45, 7) is 6.56. The first kappa shape index (κ1) is 17.1. The van der Waals surface area contributed by atoms with E-state index in [1.807, 2.05) is 30.9 Å². The van der Waals surface area contributed by atoms with Gasteiger partial charge in [0, 0.05) is 32.1 Å². The van der Waals surface area contributed by atoms with Crippen molar-refractivity contribution in [1.29, 1.82) is 0 Å². The lowest BCUT2D eigenvalue weighted by Crippen LogP contribution is -2.47. The Balaban J connectivity index is 1.59. The van der Waals surface area contributed by atoms with Gasteiger partial charge in [0.2, 0.25) is 5.91 Å². The summed E-state index contributed by atoms with van der Waals surface area (Å²) in [5.41, 5.74) is 0.639. The third-order valence-corrected chi connectivity index (χ3v) is 4.22. The molecule has 1 N–H and O–H groups in total. The third-order valence-electron chi connectivity index (χ3n) is 4.22. The van der Waals surface area contributed by atoms with Crippen molar-refractivity contribution in [2.45, 2.75) is 13.8 Å². The fourth-order valence-corrected chi connectivity index (χ4v) is 2.72. The molecule has 7 heteroatoms. The van der Waals surface area contributed by atoms with Gasteiger partial charge in [-0.1, -0.05) is 26.0 Å². The van der Waals surface area contributed by atoms with Gasteiger partial charge in [-0.15, -0.1) is 10.2 Å². The second-order valence-corrected chi connectivity index (χ2v) is 6.35. The van der Waals surface area contributed by atoms with Crippen molar-refractivity contribution in [2.24, 2.45) is 5.92 Å². The lowest BCUT2D eigenvalue weighted by Gasteiger charge is -2.36. The molecule has 6 nitrogen and oxygen atoms in total. The number of anilines is 3. The van der Waals surface area contributed by atoms with Crippen molar-refractivity contribution in [3.8, 4) is 0 Å². The second kappa shape index (κ2) is 7.46. The molecule has 1 aromatic heterocycles. The van der Waals surface area contributed by atoms with Crippen molar-refractivity contribution in [1.82, 2.24) is 10.2 Å². The van der Waals surface area contributed by atoms with Gasteiger partial charge in [-0.2, -0.15) is 0 Å². The summed E-state index contributed by atoms with van der Waals surface area (Å²) < 4.78 is 13.9. The largest absolute Gasteiger partial charge is 0.366 e. The van der Waals surface area contributed by atoms with Crippen LogP contribution in [0.3, 0.4) is 0 Å². The zero-order valence-electron chi connectivity index (χ0n) is 14.4. The Morgan fingerprint density at radius 2 is 1.72 bits per heavy atom. The predicted octanol–water partition coefficient (Wildman–Crippen LogP) is 2.54. The summed E-state index contributed by atoms with van der Waals surface area (Å²) >= 11 is 0. The van der Waals surface area contributed by atoms with Crippen molar-refractivity contribution >= 4 is 23.2 Å². The lowest BCUT2D eigenvalue weighted by molar-refractivity contribution is -0.118. The normalized spacial score (nSPS) is 14.7. The Kier molecular flexibility index (Phi) is 5.11. The third kappa shape index (κ3) is 4.04. The molecule has 0 bridgehead atoms. The molecule has 1 aliphatic heterocycles. The SMILES string of the molecule is CC(C)C(=O)Nc1ccc(N2CCN(c3ccccc3F)CC2)nn1. The average molecular weight is 343 g/mol. The average Bonchev–Trinajstić information content (AvgIpc) is 2.63. The maximum absolute atomic E-state index is 13.9. The molecule has 3 rings (SSSR count). The van der Waals surface area contributed by atoms with Gasteiger partial charge in [0.05, 0.1) is 5.69 Å². The Hall–Kier alpha value is -2.70. The van der Waals surface area contributed by atoms with Crippen LogP contribution in [0, 0.1) is 11.7 Å². The number of piperazine rings is 1. The second-order valence-electron chi connectivity index (χ2n) is 6.35. The van der Waals surface area contributed by atoms with Gasteiger partial charge in [0.1, 0.15) is 5.82 Å². The minimum Gasteiger partial charge on any atom is -0.366 e. The fourth-order valence-electron chi connectivity index (χ4n) is 2.72. The van der Waals surface area contributed by atoms with Crippen molar-refractivity contribution in [2.75, 3.05) is 41.3 Å². The van der Waals surface area contributed by atoms with E-state index in [9.17, 15) is 9.18 Å². The molecule has 0 unspecified atom stereocenters. The highest BCUT2D eigenvalue weighted by atomic mass is 19.1. The number of benzene rings is 1. The van der Waals surface area contributed by atoms with E-state index in [1.54, 1.807) is 18.2 Å². The quantitative estimate of drug-likeness (QED) is 0.924. The summed E-state index contributed by atoms with van der Waals surface area (Å²) in [4.78, 5) is 15.8. The number of carbonyl (C=O) groups excluding carboxylic acids is 1. The molecule has 1 aromatic carbocycles. The molecule has 0 aliphatic carbocycles. The molecule has 0 spiro atoms. The minimum atomic E-state index is -0.194. The lowest BCUT2D eigenvalue weighted by atomic mass is 10.2. The van der Waals surface area contributed by atoms with Crippen molar-refractivity contribution in [3.05, 3.63) is 42.2 Å². The number of halogens is 1. The maximum Gasteiger partial charge on any atom is 0.228 e. The van der Waals surface area contributed by atoms with Gasteiger partial charge < -0.3 is 15.1 Å². The molecular formula is C18H22FN5O. The molecule has 0 radical (unpaired) electrons. The fraction of sp³-hybridized carbons (Fsp3) is 0.389. The van der Waals surface area contributed by atoms with Crippen LogP contribution in [0.15, 0.2) is 36.4 Å². The zero-order chi connectivity index (χ0) is 17.8. The number of rotatable bonds is 4. The van der Waals surface area contributed by atoms with E-state index in [1.165, 1.54) is 6.07 Å².